The molecule has 0 spiro atoms. The van der Waals surface area contributed by atoms with Crippen LogP contribution in [0, 0.1) is 0 Å². The zero-order chi connectivity index (χ0) is 14.9. The molecule has 1 aromatic carbocycles. The van der Waals surface area contributed by atoms with Crippen molar-refractivity contribution in [2.75, 3.05) is 6.26 Å². The molecule has 0 unspecified atom stereocenters. The molecule has 106 valence electrons. The minimum atomic E-state index is -3.27. The number of nitrogens with zero attached hydrogens (tertiary/aromatic N) is 1. The van der Waals surface area contributed by atoms with Gasteiger partial charge in [-0.2, -0.15) is 0 Å². The van der Waals surface area contributed by atoms with Gasteiger partial charge < -0.3 is 0 Å². The Balaban J connectivity index is 2.37. The van der Waals surface area contributed by atoms with E-state index in [9.17, 15) is 18.0 Å². The number of sulfone groups is 1. The molecular weight excluding hydrogens is 304 g/mol. The maximum Gasteiger partial charge on any atom is 0.329 e. The highest BCUT2D eigenvalue weighted by atomic mass is 35.5. The van der Waals surface area contributed by atoms with Crippen LogP contribution in [0.4, 0.5) is 0 Å². The van der Waals surface area contributed by atoms with Gasteiger partial charge in [0, 0.05) is 12.3 Å². The standard InChI is InChI=1S/C12H11ClN2O4S/c1-20(18,19)9-4-2-8(3-5-9)7-15-11(16)6-10(13)14-12(15)17/h2-6H,7H2,1H3,(H,14,17). The van der Waals surface area contributed by atoms with Gasteiger partial charge in [0.15, 0.2) is 9.84 Å². The Morgan fingerprint density at radius 2 is 1.80 bits per heavy atom. The van der Waals surface area contributed by atoms with E-state index in [1.165, 1.54) is 12.1 Å². The van der Waals surface area contributed by atoms with Crippen molar-refractivity contribution >= 4 is 21.4 Å². The number of H-pyrrole nitrogens is 1. The number of hydrogen-bond donors (Lipinski definition) is 1. The van der Waals surface area contributed by atoms with Crippen LogP contribution < -0.4 is 11.2 Å². The summed E-state index contributed by atoms with van der Waals surface area (Å²) in [6, 6.07) is 7.07. The van der Waals surface area contributed by atoms with E-state index in [4.69, 9.17) is 11.6 Å². The van der Waals surface area contributed by atoms with E-state index in [0.717, 1.165) is 16.9 Å². The number of halogens is 1. The monoisotopic (exact) mass is 314 g/mol. The molecule has 0 saturated heterocycles. The van der Waals surface area contributed by atoms with E-state index in [1.54, 1.807) is 12.1 Å². The van der Waals surface area contributed by atoms with Gasteiger partial charge in [0.1, 0.15) is 5.15 Å². The highest BCUT2D eigenvalue weighted by Crippen LogP contribution is 2.10. The first-order valence-corrected chi connectivity index (χ1v) is 7.83. The van der Waals surface area contributed by atoms with Crippen LogP contribution in [-0.2, 0) is 16.4 Å². The predicted molar refractivity (Wildman–Crippen MR) is 75.0 cm³/mol. The lowest BCUT2D eigenvalue weighted by Crippen LogP contribution is -2.34. The van der Waals surface area contributed by atoms with Gasteiger partial charge in [-0.25, -0.2) is 13.2 Å². The SMILES string of the molecule is CS(=O)(=O)c1ccc(Cn2c(=O)cc(Cl)[nH]c2=O)cc1. The zero-order valence-corrected chi connectivity index (χ0v) is 12.0. The lowest BCUT2D eigenvalue weighted by Gasteiger charge is -2.05. The second-order valence-electron chi connectivity index (χ2n) is 4.26. The summed E-state index contributed by atoms with van der Waals surface area (Å²) in [5.41, 5.74) is -0.507. The van der Waals surface area contributed by atoms with E-state index in [1.807, 2.05) is 0 Å². The summed E-state index contributed by atoms with van der Waals surface area (Å²) in [6.45, 7) is 0.0371. The number of rotatable bonds is 3. The summed E-state index contributed by atoms with van der Waals surface area (Å²) in [4.78, 5) is 25.8. The highest BCUT2D eigenvalue weighted by molar-refractivity contribution is 7.90. The molecule has 2 aromatic rings. The van der Waals surface area contributed by atoms with Crippen LogP contribution in [0.15, 0.2) is 44.8 Å². The van der Waals surface area contributed by atoms with Crippen LogP contribution in [0.3, 0.4) is 0 Å². The second-order valence-corrected chi connectivity index (χ2v) is 6.69. The average molecular weight is 315 g/mol. The van der Waals surface area contributed by atoms with Crippen molar-refractivity contribution < 1.29 is 8.42 Å². The van der Waals surface area contributed by atoms with Crippen molar-refractivity contribution in [3.63, 3.8) is 0 Å². The lowest BCUT2D eigenvalue weighted by molar-refractivity contribution is 0.601. The molecule has 0 saturated carbocycles. The summed E-state index contributed by atoms with van der Waals surface area (Å²) < 4.78 is 23.6. The van der Waals surface area contributed by atoms with Crippen molar-refractivity contribution in [2.45, 2.75) is 11.4 Å². The quantitative estimate of drug-likeness (QED) is 0.842. The Labute approximate surface area is 119 Å². The van der Waals surface area contributed by atoms with E-state index in [2.05, 4.69) is 4.98 Å². The van der Waals surface area contributed by atoms with Gasteiger partial charge in [0.05, 0.1) is 11.4 Å². The Morgan fingerprint density at radius 3 is 2.30 bits per heavy atom. The van der Waals surface area contributed by atoms with Crippen LogP contribution in [0.2, 0.25) is 5.15 Å². The maximum atomic E-state index is 11.7. The molecular formula is C12H11ClN2O4S. The molecule has 6 nitrogen and oxygen atoms in total. The molecule has 1 aromatic heterocycles. The van der Waals surface area contributed by atoms with Crippen molar-refractivity contribution in [3.8, 4) is 0 Å². The van der Waals surface area contributed by atoms with Crippen LogP contribution in [-0.4, -0.2) is 24.2 Å². The van der Waals surface area contributed by atoms with Crippen molar-refractivity contribution in [1.82, 2.24) is 9.55 Å². The number of aromatic nitrogens is 2. The first-order chi connectivity index (χ1) is 9.27. The minimum absolute atomic E-state index is 0.0244. The third kappa shape index (κ3) is 3.17. The van der Waals surface area contributed by atoms with Crippen LogP contribution in [0.25, 0.3) is 0 Å². The Bertz CT molecular complexity index is 819. The summed E-state index contributed by atoms with van der Waals surface area (Å²) in [5.74, 6) is 0. The van der Waals surface area contributed by atoms with Crippen molar-refractivity contribution in [2.24, 2.45) is 0 Å². The molecule has 20 heavy (non-hydrogen) atoms. The number of aromatic amines is 1. The molecule has 0 amide bonds. The normalized spacial score (nSPS) is 11.5. The average Bonchev–Trinajstić information content (AvgIpc) is 2.33. The third-order valence-electron chi connectivity index (χ3n) is 2.68. The number of benzene rings is 1. The van der Waals surface area contributed by atoms with Gasteiger partial charge in [-0.1, -0.05) is 23.7 Å². The Kier molecular flexibility index (Phi) is 3.82. The van der Waals surface area contributed by atoms with Gasteiger partial charge in [-0.05, 0) is 17.7 Å². The van der Waals surface area contributed by atoms with E-state index in [-0.39, 0.29) is 16.6 Å². The van der Waals surface area contributed by atoms with Gasteiger partial charge in [-0.15, -0.1) is 0 Å². The molecule has 0 bridgehead atoms. The predicted octanol–water partition coefficient (Wildman–Crippen LogP) is 0.642. The number of hydrogen-bond acceptors (Lipinski definition) is 4. The molecule has 0 aliphatic heterocycles. The first kappa shape index (κ1) is 14.5. The first-order valence-electron chi connectivity index (χ1n) is 5.56. The van der Waals surface area contributed by atoms with Gasteiger partial charge in [-0.3, -0.25) is 14.3 Å². The van der Waals surface area contributed by atoms with Crippen LogP contribution in [0.5, 0.6) is 0 Å². The molecule has 1 N–H and O–H groups in total. The van der Waals surface area contributed by atoms with Crippen LogP contribution >= 0.6 is 11.6 Å². The fraction of sp³-hybridized carbons (Fsp3) is 0.167. The number of nitrogens with one attached hydrogen (secondary N) is 1. The molecule has 0 radical (unpaired) electrons. The molecule has 0 aliphatic rings. The third-order valence-corrected chi connectivity index (χ3v) is 4.01. The van der Waals surface area contributed by atoms with Gasteiger partial charge >= 0.3 is 5.69 Å². The summed E-state index contributed by atoms with van der Waals surface area (Å²) in [5, 5.41) is -0.0244. The summed E-state index contributed by atoms with van der Waals surface area (Å²) in [7, 11) is -3.27. The molecule has 8 heteroatoms. The molecule has 2 rings (SSSR count). The molecule has 0 fully saturated rings. The largest absolute Gasteiger partial charge is 0.329 e. The fourth-order valence-corrected chi connectivity index (χ4v) is 2.47. The van der Waals surface area contributed by atoms with E-state index < -0.39 is 21.1 Å². The molecule has 0 aliphatic carbocycles. The van der Waals surface area contributed by atoms with Gasteiger partial charge in [0.2, 0.25) is 0 Å². The van der Waals surface area contributed by atoms with Gasteiger partial charge in [0.25, 0.3) is 5.56 Å². The summed E-state index contributed by atoms with van der Waals surface area (Å²) >= 11 is 5.56. The zero-order valence-electron chi connectivity index (χ0n) is 10.5. The smallest absolute Gasteiger partial charge is 0.298 e. The Hall–Kier alpha value is -1.86. The van der Waals surface area contributed by atoms with E-state index >= 15 is 0 Å². The van der Waals surface area contributed by atoms with Crippen molar-refractivity contribution in [1.29, 1.82) is 0 Å². The lowest BCUT2D eigenvalue weighted by atomic mass is 10.2. The Morgan fingerprint density at radius 1 is 1.20 bits per heavy atom. The highest BCUT2D eigenvalue weighted by Gasteiger charge is 2.08. The topological polar surface area (TPSA) is 89.0 Å². The summed E-state index contributed by atoms with van der Waals surface area (Å²) in [6.07, 6.45) is 1.11. The van der Waals surface area contributed by atoms with Crippen molar-refractivity contribution in [3.05, 3.63) is 61.9 Å². The molecule has 1 heterocycles. The minimum Gasteiger partial charge on any atom is -0.298 e. The fourth-order valence-electron chi connectivity index (χ4n) is 1.67. The maximum absolute atomic E-state index is 11.7. The molecule has 0 atom stereocenters. The van der Waals surface area contributed by atoms with E-state index in [0.29, 0.717) is 5.56 Å². The second kappa shape index (κ2) is 5.26. The van der Waals surface area contributed by atoms with Crippen LogP contribution in [0.1, 0.15) is 5.56 Å².